The second-order valence-corrected chi connectivity index (χ2v) is 12.6. The monoisotopic (exact) mass is 638 g/mol. The minimum absolute atomic E-state index is 0.00889. The van der Waals surface area contributed by atoms with E-state index in [0.29, 0.717) is 40.3 Å². The normalized spacial score (nSPS) is 12.2. The van der Waals surface area contributed by atoms with Crippen LogP contribution in [-0.2, 0) is 27.8 Å². The highest BCUT2D eigenvalue weighted by Crippen LogP contribution is 2.38. The molecular weight excluding hydrogens is 607 g/mol. The molecule has 14 heteroatoms. The van der Waals surface area contributed by atoms with E-state index in [0.717, 1.165) is 17.5 Å². The lowest BCUT2D eigenvalue weighted by atomic mass is 10.2. The van der Waals surface area contributed by atoms with Crippen LogP contribution < -0.4 is 14.2 Å². The molecule has 44 heavy (non-hydrogen) atoms. The van der Waals surface area contributed by atoms with Crippen molar-refractivity contribution in [3.05, 3.63) is 95.0 Å². The first kappa shape index (κ1) is 31.0. The van der Waals surface area contributed by atoms with Gasteiger partial charge in [0.15, 0.2) is 10.8 Å². The number of nitrogens with one attached hydrogen (secondary N) is 1. The van der Waals surface area contributed by atoms with Crippen LogP contribution in [0.15, 0.2) is 72.2 Å². The molecule has 5 rings (SSSR count). The lowest BCUT2D eigenvalue weighted by Gasteiger charge is -2.20. The largest absolute Gasteiger partial charge is 0.494 e. The number of rotatable bonds is 14. The van der Waals surface area contributed by atoms with Gasteiger partial charge in [-0.1, -0.05) is 36.4 Å². The summed E-state index contributed by atoms with van der Waals surface area (Å²) in [6.07, 6.45) is 1.20. The van der Waals surface area contributed by atoms with Crippen molar-refractivity contribution in [3.63, 3.8) is 0 Å². The molecule has 3 heterocycles. The molecule has 230 valence electrons. The van der Waals surface area contributed by atoms with Crippen LogP contribution in [-0.4, -0.2) is 59.2 Å². The number of para-hydroxylation sites is 1. The Morgan fingerprint density at radius 3 is 2.39 bits per heavy atom. The molecule has 11 nitrogen and oxygen atoms in total. The number of halogens is 1. The van der Waals surface area contributed by atoms with Gasteiger partial charge in [0.1, 0.15) is 23.0 Å². The molecule has 0 aliphatic heterocycles. The van der Waals surface area contributed by atoms with Gasteiger partial charge in [0.05, 0.1) is 32.3 Å². The van der Waals surface area contributed by atoms with E-state index < -0.39 is 21.1 Å². The Bertz CT molecular complexity index is 1770. The maximum Gasteiger partial charge on any atom is 0.243 e. The SMILES string of the molecule is COc1cccc(OC)c1-n1c(NS(=O)(=O)[C@H](CCOCc2ccccc2)Cc2ccc(F)cn2)nnc1-c1nc(C)cs1. The summed E-state index contributed by atoms with van der Waals surface area (Å²) in [6, 6.07) is 17.5. The van der Waals surface area contributed by atoms with E-state index in [1.165, 1.54) is 42.3 Å². The van der Waals surface area contributed by atoms with E-state index in [9.17, 15) is 12.8 Å². The van der Waals surface area contributed by atoms with Crippen molar-refractivity contribution >= 4 is 27.3 Å². The molecule has 0 spiro atoms. The van der Waals surface area contributed by atoms with Crippen molar-refractivity contribution < 1.29 is 27.0 Å². The van der Waals surface area contributed by atoms with E-state index in [2.05, 4.69) is 24.9 Å². The predicted molar refractivity (Wildman–Crippen MR) is 165 cm³/mol. The van der Waals surface area contributed by atoms with Gasteiger partial charge in [-0.2, -0.15) is 0 Å². The van der Waals surface area contributed by atoms with Gasteiger partial charge >= 0.3 is 0 Å². The Hall–Kier alpha value is -4.40. The van der Waals surface area contributed by atoms with Crippen molar-refractivity contribution in [2.24, 2.45) is 0 Å². The van der Waals surface area contributed by atoms with Crippen molar-refractivity contribution in [2.75, 3.05) is 25.5 Å². The Morgan fingerprint density at radius 1 is 1.00 bits per heavy atom. The van der Waals surface area contributed by atoms with Gasteiger partial charge in [-0.05, 0) is 43.2 Å². The van der Waals surface area contributed by atoms with Crippen LogP contribution in [0.5, 0.6) is 11.5 Å². The molecule has 0 aliphatic carbocycles. The molecule has 0 bridgehead atoms. The van der Waals surface area contributed by atoms with Gasteiger partial charge in [-0.15, -0.1) is 21.5 Å². The van der Waals surface area contributed by atoms with E-state index in [1.807, 2.05) is 42.6 Å². The minimum Gasteiger partial charge on any atom is -0.494 e. The average Bonchev–Trinajstić information content (AvgIpc) is 3.64. The molecule has 0 saturated carbocycles. The summed E-state index contributed by atoms with van der Waals surface area (Å²) in [5, 5.41) is 9.93. The fourth-order valence-corrected chi connectivity index (χ4v) is 6.65. The molecule has 2 aromatic carbocycles. The number of thiazole rings is 1. The summed E-state index contributed by atoms with van der Waals surface area (Å²) in [5.41, 5.74) is 2.55. The van der Waals surface area contributed by atoms with Crippen molar-refractivity contribution in [2.45, 2.75) is 31.6 Å². The van der Waals surface area contributed by atoms with Gasteiger partial charge in [0, 0.05) is 29.8 Å². The van der Waals surface area contributed by atoms with E-state index in [-0.39, 0.29) is 25.4 Å². The molecule has 1 N–H and O–H groups in total. The number of aromatic nitrogens is 5. The number of pyridine rings is 1. The summed E-state index contributed by atoms with van der Waals surface area (Å²) in [6.45, 7) is 2.33. The second-order valence-electron chi connectivity index (χ2n) is 9.76. The van der Waals surface area contributed by atoms with Crippen LogP contribution in [0, 0.1) is 12.7 Å². The number of anilines is 1. The van der Waals surface area contributed by atoms with Crippen LogP contribution in [0.4, 0.5) is 10.3 Å². The fourth-order valence-electron chi connectivity index (χ4n) is 4.53. The van der Waals surface area contributed by atoms with Crippen LogP contribution >= 0.6 is 11.3 Å². The Labute approximate surface area is 258 Å². The molecular formula is C30H31FN6O5S2. The second kappa shape index (κ2) is 13.9. The number of hydrogen-bond donors (Lipinski definition) is 1. The third-order valence-corrected chi connectivity index (χ3v) is 9.40. The fraction of sp³-hybridized carbons (Fsp3) is 0.267. The van der Waals surface area contributed by atoms with E-state index in [4.69, 9.17) is 14.2 Å². The number of ether oxygens (including phenoxy) is 3. The third kappa shape index (κ3) is 7.21. The highest BCUT2D eigenvalue weighted by atomic mass is 32.2. The predicted octanol–water partition coefficient (Wildman–Crippen LogP) is 5.21. The van der Waals surface area contributed by atoms with Gasteiger partial charge in [-0.3, -0.25) is 14.3 Å². The Kier molecular flexibility index (Phi) is 9.82. The van der Waals surface area contributed by atoms with Crippen molar-refractivity contribution in [3.8, 4) is 28.0 Å². The highest BCUT2D eigenvalue weighted by Gasteiger charge is 2.31. The summed E-state index contributed by atoms with van der Waals surface area (Å²) >= 11 is 1.34. The molecule has 0 fully saturated rings. The number of hydrogen-bond acceptors (Lipinski definition) is 10. The van der Waals surface area contributed by atoms with Crippen molar-refractivity contribution in [1.29, 1.82) is 0 Å². The van der Waals surface area contributed by atoms with Gasteiger partial charge < -0.3 is 14.2 Å². The number of nitrogens with zero attached hydrogens (tertiary/aromatic N) is 5. The summed E-state index contributed by atoms with van der Waals surface area (Å²) < 4.78 is 62.9. The minimum atomic E-state index is -4.15. The number of benzene rings is 2. The van der Waals surface area contributed by atoms with Crippen LogP contribution in [0.25, 0.3) is 16.5 Å². The number of aryl methyl sites for hydroxylation is 1. The Morgan fingerprint density at radius 2 is 1.75 bits per heavy atom. The van der Waals surface area contributed by atoms with Gasteiger partial charge in [-0.25, -0.2) is 17.8 Å². The summed E-state index contributed by atoms with van der Waals surface area (Å²) in [4.78, 5) is 8.63. The van der Waals surface area contributed by atoms with Gasteiger partial charge in [0.2, 0.25) is 16.0 Å². The maximum absolute atomic E-state index is 14.1. The van der Waals surface area contributed by atoms with Crippen LogP contribution in [0.1, 0.15) is 23.4 Å². The van der Waals surface area contributed by atoms with E-state index >= 15 is 0 Å². The molecule has 0 saturated heterocycles. The molecule has 3 aromatic heterocycles. The quantitative estimate of drug-likeness (QED) is 0.163. The summed E-state index contributed by atoms with van der Waals surface area (Å²) in [5.74, 6) is 0.506. The van der Waals surface area contributed by atoms with Crippen molar-refractivity contribution in [1.82, 2.24) is 24.7 Å². The Balaban J connectivity index is 1.50. The molecule has 1 atom stereocenters. The van der Waals surface area contributed by atoms with Crippen LogP contribution in [0.3, 0.4) is 0 Å². The summed E-state index contributed by atoms with van der Waals surface area (Å²) in [7, 11) is -1.15. The average molecular weight is 639 g/mol. The molecule has 5 aromatic rings. The number of sulfonamides is 1. The smallest absolute Gasteiger partial charge is 0.243 e. The zero-order chi connectivity index (χ0) is 31.1. The zero-order valence-corrected chi connectivity index (χ0v) is 25.9. The maximum atomic E-state index is 14.1. The topological polar surface area (TPSA) is 130 Å². The van der Waals surface area contributed by atoms with Crippen LogP contribution in [0.2, 0.25) is 0 Å². The first-order chi connectivity index (χ1) is 21.3. The standard InChI is InChI=1S/C30H31FN6O5S2/c1-20-19-43-29(33-20)28-34-35-30(37(28)27-25(40-2)10-7-11-26(27)41-3)36-44(38,39)24(16-23-13-12-22(31)17-32-23)14-15-42-18-21-8-5-4-6-9-21/h4-13,17,19,24H,14-16,18H2,1-3H3,(H,35,36)/t24-/m1/s1. The number of methoxy groups -OCH3 is 2. The van der Waals surface area contributed by atoms with Gasteiger partial charge in [0.25, 0.3) is 0 Å². The molecule has 0 radical (unpaired) electrons. The lowest BCUT2D eigenvalue weighted by Crippen LogP contribution is -2.32. The highest BCUT2D eigenvalue weighted by molar-refractivity contribution is 7.93. The molecule has 0 unspecified atom stereocenters. The lowest BCUT2D eigenvalue weighted by molar-refractivity contribution is 0.117. The zero-order valence-electron chi connectivity index (χ0n) is 24.3. The molecule has 0 amide bonds. The first-order valence-corrected chi connectivity index (χ1v) is 16.0. The third-order valence-electron chi connectivity index (χ3n) is 6.69. The van der Waals surface area contributed by atoms with E-state index in [1.54, 1.807) is 18.2 Å². The molecule has 0 aliphatic rings. The first-order valence-electron chi connectivity index (χ1n) is 13.6.